The Bertz CT molecular complexity index is 2970. The van der Waals surface area contributed by atoms with Crippen LogP contribution in [0.1, 0.15) is 93.4 Å². The number of fused-ring (bicyclic) bond motifs is 9. The number of hydrogen-bond acceptors (Lipinski definition) is 3. The van der Waals surface area contributed by atoms with Gasteiger partial charge in [0.05, 0.1) is 13.7 Å². The number of aryl methyl sites for hydroxylation is 1. The van der Waals surface area contributed by atoms with Crippen LogP contribution in [0.25, 0.3) is 66.0 Å². The van der Waals surface area contributed by atoms with Crippen LogP contribution in [0.4, 0.5) is 0 Å². The van der Waals surface area contributed by atoms with Crippen molar-refractivity contribution in [1.82, 2.24) is 9.97 Å². The second-order valence-electron chi connectivity index (χ2n) is 17.9. The molecule has 291 valence electrons. The summed E-state index contributed by atoms with van der Waals surface area (Å²) >= 11 is 0. The van der Waals surface area contributed by atoms with Gasteiger partial charge in [-0.2, -0.15) is 0 Å². The summed E-state index contributed by atoms with van der Waals surface area (Å²) in [5, 5.41) is 8.06. The first kappa shape index (κ1) is 34.6. The summed E-state index contributed by atoms with van der Waals surface area (Å²) in [6, 6.07) is 38.1. The van der Waals surface area contributed by atoms with Crippen molar-refractivity contribution < 1.29 is 30.0 Å². The average molecular weight is 945 g/mol. The summed E-state index contributed by atoms with van der Waals surface area (Å²) in [7, 11) is -1.37. The Balaban J connectivity index is 0.000000191. The normalized spacial score (nSPS) is 17.9. The van der Waals surface area contributed by atoms with Gasteiger partial charge >= 0.3 is 0 Å². The standard InChI is InChI=1S/C32H26NO.C20H26NSi.Ir/c1-20-19-33-30(17-27(20)21-8-3-2-4-9-21)26-13-7-12-25-29-16-23-15-14-22-10-5-6-11-24(22)28(23)18-31(29)34-32(25)26;1-19(2)16-11-9-8-10-15(16)18-17(20(19,3)4)12-14(13-21-18)22(5,6)7;/h5-7,10-12,14-19,21H,2-4,8-9H2,1H3;8-9,11-13H,1-7H3;/q2*-1;/i1D3,21D;;. The number of furan rings is 1. The topological polar surface area (TPSA) is 38.9 Å². The van der Waals surface area contributed by atoms with Crippen molar-refractivity contribution in [2.24, 2.45) is 0 Å². The number of aromatic nitrogens is 2. The fourth-order valence-electron chi connectivity index (χ4n) is 8.94. The van der Waals surface area contributed by atoms with E-state index in [2.05, 4.69) is 131 Å². The molecule has 8 aromatic rings. The predicted molar refractivity (Wildman–Crippen MR) is 239 cm³/mol. The molecule has 1 fully saturated rings. The smallest absolute Gasteiger partial charge is 0.121 e. The van der Waals surface area contributed by atoms with E-state index in [-0.39, 0.29) is 36.5 Å². The van der Waals surface area contributed by atoms with Crippen LogP contribution < -0.4 is 5.19 Å². The number of nitrogens with zero attached hydrogens (tertiary/aromatic N) is 2. The van der Waals surface area contributed by atoms with Gasteiger partial charge in [-0.05, 0) is 97.8 Å². The molecule has 2 aliphatic rings. The van der Waals surface area contributed by atoms with Crippen molar-refractivity contribution in [2.45, 2.75) is 103 Å². The second kappa shape index (κ2) is 14.8. The molecule has 10 rings (SSSR count). The molecule has 0 N–H and O–H groups in total. The van der Waals surface area contributed by atoms with Crippen LogP contribution >= 0.6 is 0 Å². The summed E-state index contributed by atoms with van der Waals surface area (Å²) in [4.78, 5) is 9.48. The maximum Gasteiger partial charge on any atom is 0.121 e. The molecule has 0 unspecified atom stereocenters. The summed E-state index contributed by atoms with van der Waals surface area (Å²) in [5.41, 5.74) is 8.63. The van der Waals surface area contributed by atoms with Gasteiger partial charge in [0.25, 0.3) is 0 Å². The molecule has 1 saturated carbocycles. The van der Waals surface area contributed by atoms with Crippen LogP contribution in [0.3, 0.4) is 0 Å². The van der Waals surface area contributed by atoms with Crippen molar-refractivity contribution in [1.29, 1.82) is 0 Å². The van der Waals surface area contributed by atoms with Crippen LogP contribution in [-0.2, 0) is 30.9 Å². The molecular weight excluding hydrogens is 889 g/mol. The Labute approximate surface area is 358 Å². The first-order valence-corrected chi connectivity index (χ1v) is 23.6. The van der Waals surface area contributed by atoms with Crippen LogP contribution in [0.2, 0.25) is 19.6 Å². The minimum Gasteiger partial charge on any atom is -0.501 e. The maximum atomic E-state index is 9.23. The minimum atomic E-state index is -2.33. The van der Waals surface area contributed by atoms with E-state index < -0.39 is 20.8 Å². The van der Waals surface area contributed by atoms with E-state index in [1.807, 2.05) is 30.3 Å². The van der Waals surface area contributed by atoms with Gasteiger partial charge in [-0.3, -0.25) is 0 Å². The van der Waals surface area contributed by atoms with E-state index >= 15 is 0 Å². The zero-order chi connectivity index (χ0) is 42.4. The van der Waals surface area contributed by atoms with Crippen LogP contribution in [0.15, 0.2) is 108 Å². The van der Waals surface area contributed by atoms with E-state index in [9.17, 15) is 1.37 Å². The molecule has 1 radical (unpaired) electrons. The van der Waals surface area contributed by atoms with Gasteiger partial charge in [-0.25, -0.2) is 0 Å². The number of hydrogen-bond donors (Lipinski definition) is 0. The molecule has 57 heavy (non-hydrogen) atoms. The summed E-state index contributed by atoms with van der Waals surface area (Å²) < 4.78 is 40.0. The Morgan fingerprint density at radius 1 is 0.719 bits per heavy atom. The van der Waals surface area contributed by atoms with E-state index in [0.29, 0.717) is 35.2 Å². The zero-order valence-corrected chi connectivity index (χ0v) is 37.4. The van der Waals surface area contributed by atoms with Gasteiger partial charge in [-0.1, -0.05) is 132 Å². The number of rotatable bonds is 3. The molecule has 0 saturated heterocycles. The fourth-order valence-corrected chi connectivity index (χ4v) is 9.97. The molecule has 3 nitrogen and oxygen atoms in total. The molecule has 5 aromatic carbocycles. The van der Waals surface area contributed by atoms with Crippen molar-refractivity contribution in [2.75, 3.05) is 0 Å². The largest absolute Gasteiger partial charge is 0.501 e. The fraction of sp³-hybridized carbons (Fsp3) is 0.308. The number of benzene rings is 5. The van der Waals surface area contributed by atoms with Gasteiger partial charge in [0, 0.05) is 43.4 Å². The van der Waals surface area contributed by atoms with Crippen molar-refractivity contribution >= 4 is 56.7 Å². The van der Waals surface area contributed by atoms with E-state index in [4.69, 9.17) is 13.5 Å². The summed E-state index contributed by atoms with van der Waals surface area (Å²) in [5.74, 6) is -0.930. The van der Waals surface area contributed by atoms with Gasteiger partial charge in [0.15, 0.2) is 0 Å². The monoisotopic (exact) mass is 945 g/mol. The minimum absolute atomic E-state index is 0. The zero-order valence-electron chi connectivity index (χ0n) is 38.0. The average Bonchev–Trinajstić information content (AvgIpc) is 3.59. The third-order valence-corrected chi connectivity index (χ3v) is 15.1. The number of pyridine rings is 2. The second-order valence-corrected chi connectivity index (χ2v) is 23.0. The van der Waals surface area contributed by atoms with Crippen LogP contribution in [-0.4, -0.2) is 18.0 Å². The van der Waals surface area contributed by atoms with Crippen LogP contribution in [0, 0.1) is 19.0 Å². The molecule has 0 bridgehead atoms. The van der Waals surface area contributed by atoms with Crippen molar-refractivity contribution in [3.63, 3.8) is 0 Å². The quantitative estimate of drug-likeness (QED) is 0.101. The first-order chi connectivity index (χ1) is 28.4. The molecule has 0 aliphatic heterocycles. The molecule has 3 heterocycles. The molecule has 0 amide bonds. The summed E-state index contributed by atoms with van der Waals surface area (Å²) in [6.07, 6.45) is 7.78. The van der Waals surface area contributed by atoms with Crippen molar-refractivity contribution in [3.8, 4) is 22.5 Å². The van der Waals surface area contributed by atoms with Gasteiger partial charge < -0.3 is 14.4 Å². The molecule has 2 aliphatic carbocycles. The molecule has 5 heteroatoms. The van der Waals surface area contributed by atoms with E-state index in [1.165, 1.54) is 38.8 Å². The van der Waals surface area contributed by atoms with E-state index in [1.54, 1.807) is 0 Å². The first-order valence-electron chi connectivity index (χ1n) is 22.1. The van der Waals surface area contributed by atoms with E-state index in [0.717, 1.165) is 52.1 Å². The molecule has 0 spiro atoms. The Morgan fingerprint density at radius 2 is 1.47 bits per heavy atom. The SMILES string of the molecule is CC1(C)c2ccc[c-]c2-c2ncc([Si](C)(C)C)cc2C1(C)C.[2H]C([2H])([2H])c1cnc(-c2[c-]ccc3c2oc2cc4c(ccc5ccccc54)cc23)cc1C1([2H])CCCCC1.[Ir]. The third-order valence-electron chi connectivity index (χ3n) is 13.1. The molecule has 0 atom stereocenters. The van der Waals surface area contributed by atoms with Crippen molar-refractivity contribution in [3.05, 3.63) is 138 Å². The Morgan fingerprint density at radius 3 is 2.26 bits per heavy atom. The van der Waals surface area contributed by atoms with Gasteiger partial charge in [-0.15, -0.1) is 53.6 Å². The Kier molecular flexibility index (Phi) is 8.96. The summed E-state index contributed by atoms with van der Waals surface area (Å²) in [6.45, 7) is 14.2. The van der Waals surface area contributed by atoms with Crippen LogP contribution in [0.5, 0.6) is 0 Å². The maximum absolute atomic E-state index is 9.23. The predicted octanol–water partition coefficient (Wildman–Crippen LogP) is 13.8. The van der Waals surface area contributed by atoms with Gasteiger partial charge in [0.2, 0.25) is 0 Å². The third kappa shape index (κ3) is 6.70. The molecular formula is C52H52IrN2OSi-2. The molecule has 3 aromatic heterocycles. The Hall–Kier alpha value is -4.41. The van der Waals surface area contributed by atoms with Gasteiger partial charge in [0.1, 0.15) is 5.58 Å².